The van der Waals surface area contributed by atoms with Crippen LogP contribution in [0.15, 0.2) is 61.1 Å². The lowest BCUT2D eigenvalue weighted by Gasteiger charge is -2.13. The van der Waals surface area contributed by atoms with Crippen molar-refractivity contribution in [1.29, 1.82) is 0 Å². The van der Waals surface area contributed by atoms with Gasteiger partial charge >= 0.3 is 7.12 Å². The first-order valence-electron chi connectivity index (χ1n) is 7.65. The molecule has 0 radical (unpaired) electrons. The Kier molecular flexibility index (Phi) is 3.68. The van der Waals surface area contributed by atoms with E-state index in [0.29, 0.717) is 16.7 Å². The summed E-state index contributed by atoms with van der Waals surface area (Å²) in [5.41, 5.74) is 10.0. The van der Waals surface area contributed by atoms with E-state index in [2.05, 4.69) is 15.3 Å². The van der Waals surface area contributed by atoms with Gasteiger partial charge in [-0.2, -0.15) is 15.3 Å². The molecule has 25 heavy (non-hydrogen) atoms. The molecule has 8 heteroatoms. The summed E-state index contributed by atoms with van der Waals surface area (Å²) in [7, 11) is -1.55. The monoisotopic (exact) mass is 331 g/mol. The number of aromatic nitrogens is 4. The first-order valence-corrected chi connectivity index (χ1v) is 7.65. The van der Waals surface area contributed by atoms with Crippen molar-refractivity contribution in [2.24, 2.45) is 0 Å². The average Bonchev–Trinajstić information content (AvgIpc) is 3.15. The SMILES string of the molecule is Nc1cnnc2cc(-c3cc(B(O)O)ccc3-n3cccn3)ccc12. The molecule has 0 amide bonds. The van der Waals surface area contributed by atoms with Gasteiger partial charge in [-0.25, -0.2) is 4.68 Å². The largest absolute Gasteiger partial charge is 0.488 e. The normalized spacial score (nSPS) is 11.0. The Morgan fingerprint density at radius 2 is 1.96 bits per heavy atom. The quantitative estimate of drug-likeness (QED) is 0.478. The van der Waals surface area contributed by atoms with Gasteiger partial charge in [0.2, 0.25) is 0 Å². The molecule has 0 spiro atoms. The van der Waals surface area contributed by atoms with E-state index in [1.54, 1.807) is 29.1 Å². The van der Waals surface area contributed by atoms with E-state index in [4.69, 9.17) is 5.73 Å². The topological polar surface area (TPSA) is 110 Å². The number of nitrogens with zero attached hydrogens (tertiary/aromatic N) is 4. The zero-order valence-corrected chi connectivity index (χ0v) is 13.1. The number of hydrogen-bond donors (Lipinski definition) is 3. The summed E-state index contributed by atoms with van der Waals surface area (Å²) in [6.45, 7) is 0. The summed E-state index contributed by atoms with van der Waals surface area (Å²) in [6.07, 6.45) is 5.03. The van der Waals surface area contributed by atoms with Crippen molar-refractivity contribution in [2.75, 3.05) is 5.73 Å². The predicted octanol–water partition coefficient (Wildman–Crippen LogP) is 0.745. The number of anilines is 1. The highest BCUT2D eigenvalue weighted by molar-refractivity contribution is 6.58. The van der Waals surface area contributed by atoms with Gasteiger partial charge in [0.25, 0.3) is 0 Å². The molecule has 4 rings (SSSR count). The van der Waals surface area contributed by atoms with Crippen molar-refractivity contribution in [3.63, 3.8) is 0 Å². The highest BCUT2D eigenvalue weighted by atomic mass is 16.4. The van der Waals surface area contributed by atoms with E-state index in [9.17, 15) is 10.0 Å². The Balaban J connectivity index is 1.95. The Hall–Kier alpha value is -3.23. The first-order chi connectivity index (χ1) is 12.1. The van der Waals surface area contributed by atoms with Crippen molar-refractivity contribution in [2.45, 2.75) is 0 Å². The molecule has 0 saturated carbocycles. The van der Waals surface area contributed by atoms with Crippen LogP contribution in [0.1, 0.15) is 0 Å². The summed E-state index contributed by atoms with van der Waals surface area (Å²) in [6, 6.07) is 12.7. The lowest BCUT2D eigenvalue weighted by atomic mass is 9.78. The predicted molar refractivity (Wildman–Crippen MR) is 96.3 cm³/mol. The van der Waals surface area contributed by atoms with Crippen LogP contribution in [0.3, 0.4) is 0 Å². The van der Waals surface area contributed by atoms with Gasteiger partial charge in [0.1, 0.15) is 0 Å². The maximum Gasteiger partial charge on any atom is 0.488 e. The Labute approximate surface area is 143 Å². The molecule has 0 saturated heterocycles. The zero-order valence-electron chi connectivity index (χ0n) is 13.1. The molecule has 0 aliphatic rings. The molecule has 2 heterocycles. The smallest absolute Gasteiger partial charge is 0.423 e. The lowest BCUT2D eigenvalue weighted by molar-refractivity contribution is 0.426. The van der Waals surface area contributed by atoms with E-state index < -0.39 is 7.12 Å². The molecule has 0 aliphatic heterocycles. The van der Waals surface area contributed by atoms with Crippen LogP contribution in [0.25, 0.3) is 27.7 Å². The molecule has 4 N–H and O–H groups in total. The highest BCUT2D eigenvalue weighted by Gasteiger charge is 2.16. The Bertz CT molecular complexity index is 1050. The molecule has 0 unspecified atom stereocenters. The summed E-state index contributed by atoms with van der Waals surface area (Å²) < 4.78 is 1.72. The van der Waals surface area contributed by atoms with Crippen LogP contribution in [0, 0.1) is 0 Å². The van der Waals surface area contributed by atoms with Crippen LogP contribution in [0.4, 0.5) is 5.69 Å². The van der Waals surface area contributed by atoms with Crippen molar-refractivity contribution < 1.29 is 10.0 Å². The molecular weight excluding hydrogens is 317 g/mol. The second kappa shape index (κ2) is 6.01. The van der Waals surface area contributed by atoms with Crippen molar-refractivity contribution in [3.8, 4) is 16.8 Å². The summed E-state index contributed by atoms with van der Waals surface area (Å²) in [5.74, 6) is 0. The maximum absolute atomic E-state index is 9.52. The molecule has 4 aromatic rings. The number of benzene rings is 2. The van der Waals surface area contributed by atoms with Crippen LogP contribution >= 0.6 is 0 Å². The Morgan fingerprint density at radius 3 is 2.72 bits per heavy atom. The summed E-state index contributed by atoms with van der Waals surface area (Å²) >= 11 is 0. The summed E-state index contributed by atoms with van der Waals surface area (Å²) in [4.78, 5) is 0. The minimum absolute atomic E-state index is 0.393. The average molecular weight is 331 g/mol. The van der Waals surface area contributed by atoms with Crippen LogP contribution in [-0.2, 0) is 0 Å². The van der Waals surface area contributed by atoms with Crippen molar-refractivity contribution in [1.82, 2.24) is 20.0 Å². The number of nitrogen functional groups attached to an aromatic ring is 1. The minimum atomic E-state index is -1.55. The van der Waals surface area contributed by atoms with Crippen LogP contribution in [0.2, 0.25) is 0 Å². The van der Waals surface area contributed by atoms with Crippen molar-refractivity contribution >= 4 is 29.2 Å². The molecule has 122 valence electrons. The molecule has 0 aliphatic carbocycles. The number of rotatable bonds is 3. The van der Waals surface area contributed by atoms with Gasteiger partial charge in [0, 0.05) is 23.3 Å². The fraction of sp³-hybridized carbons (Fsp3) is 0. The third-order valence-electron chi connectivity index (χ3n) is 4.05. The second-order valence-corrected chi connectivity index (χ2v) is 5.63. The van der Waals surface area contributed by atoms with E-state index in [1.807, 2.05) is 30.5 Å². The molecule has 0 atom stereocenters. The number of hydrogen-bond acceptors (Lipinski definition) is 6. The first kappa shape index (κ1) is 15.3. The minimum Gasteiger partial charge on any atom is -0.423 e. The molecule has 0 fully saturated rings. The molecule has 7 nitrogen and oxygen atoms in total. The molecule has 2 aromatic carbocycles. The third kappa shape index (κ3) is 2.73. The standard InChI is InChI=1S/C17H14BN5O2/c19-15-10-20-22-16-8-11(2-4-13(15)16)14-9-12(18(24)25)3-5-17(14)23-7-1-6-21-23/h1-10,24-25H,(H2,19,22). The van der Waals surface area contributed by atoms with E-state index in [0.717, 1.165) is 22.2 Å². The highest BCUT2D eigenvalue weighted by Crippen LogP contribution is 2.29. The maximum atomic E-state index is 9.52. The van der Waals surface area contributed by atoms with Crippen LogP contribution < -0.4 is 11.2 Å². The van der Waals surface area contributed by atoms with Gasteiger partial charge < -0.3 is 15.8 Å². The Morgan fingerprint density at radius 1 is 1.08 bits per heavy atom. The van der Waals surface area contributed by atoms with Crippen LogP contribution in [0.5, 0.6) is 0 Å². The summed E-state index contributed by atoms with van der Waals surface area (Å²) in [5, 5.41) is 32.1. The van der Waals surface area contributed by atoms with E-state index >= 15 is 0 Å². The van der Waals surface area contributed by atoms with Gasteiger partial charge in [0.05, 0.1) is 23.1 Å². The molecule has 2 aromatic heterocycles. The second-order valence-electron chi connectivity index (χ2n) is 5.63. The number of fused-ring (bicyclic) bond motifs is 1. The third-order valence-corrected chi connectivity index (χ3v) is 4.05. The zero-order chi connectivity index (χ0) is 17.4. The van der Waals surface area contributed by atoms with Gasteiger partial charge in [-0.1, -0.05) is 18.2 Å². The lowest BCUT2D eigenvalue weighted by Crippen LogP contribution is -2.30. The van der Waals surface area contributed by atoms with Crippen molar-refractivity contribution in [3.05, 3.63) is 61.1 Å². The van der Waals surface area contributed by atoms with E-state index in [-0.39, 0.29) is 0 Å². The number of nitrogens with two attached hydrogens (primary N) is 1. The van der Waals surface area contributed by atoms with Gasteiger partial charge in [-0.15, -0.1) is 0 Å². The molecule has 0 bridgehead atoms. The van der Waals surface area contributed by atoms with Gasteiger partial charge in [0.15, 0.2) is 0 Å². The van der Waals surface area contributed by atoms with Gasteiger partial charge in [-0.3, -0.25) is 0 Å². The van der Waals surface area contributed by atoms with Crippen LogP contribution in [-0.4, -0.2) is 37.1 Å². The van der Waals surface area contributed by atoms with E-state index in [1.165, 1.54) is 6.20 Å². The fourth-order valence-corrected chi connectivity index (χ4v) is 2.81. The molecular formula is C17H14BN5O2. The van der Waals surface area contributed by atoms with Gasteiger partial charge in [-0.05, 0) is 35.3 Å². The fourth-order valence-electron chi connectivity index (χ4n) is 2.81.